The van der Waals surface area contributed by atoms with E-state index in [4.69, 9.17) is 14.2 Å². The third-order valence-corrected chi connectivity index (χ3v) is 2.90. The first kappa shape index (κ1) is 17.8. The van der Waals surface area contributed by atoms with E-state index < -0.39 is 12.1 Å². The highest BCUT2D eigenvalue weighted by Crippen LogP contribution is 2.28. The summed E-state index contributed by atoms with van der Waals surface area (Å²) in [7, 11) is 1.52. The van der Waals surface area contributed by atoms with Gasteiger partial charge in [0.2, 0.25) is 0 Å². The minimum absolute atomic E-state index is 0.305. The van der Waals surface area contributed by atoms with Gasteiger partial charge in [-0.3, -0.25) is 4.79 Å². The topological polar surface area (TPSA) is 73.9 Å². The van der Waals surface area contributed by atoms with E-state index in [1.807, 2.05) is 13.8 Å². The highest BCUT2D eigenvalue weighted by atomic mass is 16.5. The Balaban J connectivity index is 2.76. The molecule has 1 atom stereocenters. The van der Waals surface area contributed by atoms with E-state index in [0.29, 0.717) is 30.2 Å². The molecule has 0 aliphatic heterocycles. The number of esters is 1. The molecule has 1 rings (SSSR count). The first-order chi connectivity index (χ1) is 10.5. The molecule has 122 valence electrons. The molecule has 6 heteroatoms. The predicted molar refractivity (Wildman–Crippen MR) is 82.3 cm³/mol. The summed E-state index contributed by atoms with van der Waals surface area (Å²) in [4.78, 5) is 23.8. The number of ether oxygens (including phenoxy) is 3. The summed E-state index contributed by atoms with van der Waals surface area (Å²) in [5.41, 5.74) is 0.305. The monoisotopic (exact) mass is 309 g/mol. The average Bonchev–Trinajstić information content (AvgIpc) is 2.52. The van der Waals surface area contributed by atoms with Crippen LogP contribution in [0.4, 0.5) is 0 Å². The predicted octanol–water partition coefficient (Wildman–Crippen LogP) is 2.17. The van der Waals surface area contributed by atoms with Crippen molar-refractivity contribution < 1.29 is 23.8 Å². The third kappa shape index (κ3) is 4.95. The SMILES string of the molecule is CCCNC(=O)[C@H](C)OC(=O)c1ccc(OC)c(OCC)c1. The van der Waals surface area contributed by atoms with Gasteiger partial charge in [0.15, 0.2) is 17.6 Å². The van der Waals surface area contributed by atoms with E-state index in [0.717, 1.165) is 6.42 Å². The van der Waals surface area contributed by atoms with Crippen LogP contribution in [0.25, 0.3) is 0 Å². The number of methoxy groups -OCH3 is 1. The number of carbonyl (C=O) groups excluding carboxylic acids is 2. The first-order valence-corrected chi connectivity index (χ1v) is 7.33. The minimum atomic E-state index is -0.850. The molecule has 0 saturated heterocycles. The molecule has 1 amide bonds. The van der Waals surface area contributed by atoms with Gasteiger partial charge in [-0.05, 0) is 38.5 Å². The molecule has 22 heavy (non-hydrogen) atoms. The van der Waals surface area contributed by atoms with Crippen molar-refractivity contribution in [3.63, 3.8) is 0 Å². The maximum absolute atomic E-state index is 12.1. The van der Waals surface area contributed by atoms with Crippen LogP contribution in [-0.2, 0) is 9.53 Å². The molecule has 0 aliphatic carbocycles. The van der Waals surface area contributed by atoms with Crippen LogP contribution in [0.2, 0.25) is 0 Å². The van der Waals surface area contributed by atoms with Crippen LogP contribution in [0.3, 0.4) is 0 Å². The number of amides is 1. The highest BCUT2D eigenvalue weighted by molar-refractivity contribution is 5.92. The zero-order valence-electron chi connectivity index (χ0n) is 13.5. The van der Waals surface area contributed by atoms with Crippen LogP contribution in [0.5, 0.6) is 11.5 Å². The van der Waals surface area contributed by atoms with Gasteiger partial charge in [0, 0.05) is 6.54 Å². The van der Waals surface area contributed by atoms with Gasteiger partial charge < -0.3 is 19.5 Å². The number of hydrogen-bond donors (Lipinski definition) is 1. The van der Waals surface area contributed by atoms with Gasteiger partial charge >= 0.3 is 5.97 Å². The Morgan fingerprint density at radius 1 is 1.23 bits per heavy atom. The first-order valence-electron chi connectivity index (χ1n) is 7.33. The van der Waals surface area contributed by atoms with Gasteiger partial charge in [0.05, 0.1) is 19.3 Å². The fourth-order valence-electron chi connectivity index (χ4n) is 1.75. The van der Waals surface area contributed by atoms with E-state index in [1.54, 1.807) is 18.2 Å². The van der Waals surface area contributed by atoms with E-state index in [9.17, 15) is 9.59 Å². The van der Waals surface area contributed by atoms with Crippen LogP contribution in [-0.4, -0.2) is 38.2 Å². The van der Waals surface area contributed by atoms with Crippen molar-refractivity contribution in [2.45, 2.75) is 33.3 Å². The van der Waals surface area contributed by atoms with Gasteiger partial charge in [0.25, 0.3) is 5.91 Å². The summed E-state index contributed by atoms with van der Waals surface area (Å²) in [5.74, 6) is 0.103. The average molecular weight is 309 g/mol. The molecule has 0 heterocycles. The fraction of sp³-hybridized carbons (Fsp3) is 0.500. The van der Waals surface area contributed by atoms with Crippen LogP contribution < -0.4 is 14.8 Å². The maximum atomic E-state index is 12.1. The van der Waals surface area contributed by atoms with Gasteiger partial charge in [0.1, 0.15) is 0 Å². The lowest BCUT2D eigenvalue weighted by atomic mass is 10.2. The molecule has 0 radical (unpaired) electrons. The summed E-state index contributed by atoms with van der Waals surface area (Å²) >= 11 is 0. The van der Waals surface area contributed by atoms with Crippen LogP contribution in [0.1, 0.15) is 37.6 Å². The molecule has 6 nitrogen and oxygen atoms in total. The van der Waals surface area contributed by atoms with Crippen LogP contribution >= 0.6 is 0 Å². The lowest BCUT2D eigenvalue weighted by molar-refractivity contribution is -0.129. The second-order valence-corrected chi connectivity index (χ2v) is 4.64. The molecular formula is C16H23NO5. The van der Waals surface area contributed by atoms with Crippen molar-refractivity contribution in [3.05, 3.63) is 23.8 Å². The van der Waals surface area contributed by atoms with E-state index >= 15 is 0 Å². The maximum Gasteiger partial charge on any atom is 0.339 e. The van der Waals surface area contributed by atoms with Crippen molar-refractivity contribution in [2.24, 2.45) is 0 Å². The highest BCUT2D eigenvalue weighted by Gasteiger charge is 2.19. The van der Waals surface area contributed by atoms with Crippen molar-refractivity contribution in [1.82, 2.24) is 5.32 Å². The summed E-state index contributed by atoms with van der Waals surface area (Å²) in [6, 6.07) is 4.74. The summed E-state index contributed by atoms with van der Waals surface area (Å²) in [6.45, 7) is 6.33. The van der Waals surface area contributed by atoms with E-state index in [2.05, 4.69) is 5.32 Å². The van der Waals surface area contributed by atoms with Crippen molar-refractivity contribution in [2.75, 3.05) is 20.3 Å². The minimum Gasteiger partial charge on any atom is -0.493 e. The summed E-state index contributed by atoms with van der Waals surface area (Å²) < 4.78 is 15.7. The second kappa shape index (κ2) is 8.92. The number of rotatable bonds is 8. The fourth-order valence-corrected chi connectivity index (χ4v) is 1.75. The molecular weight excluding hydrogens is 286 g/mol. The van der Waals surface area contributed by atoms with Crippen LogP contribution in [0, 0.1) is 0 Å². The Morgan fingerprint density at radius 3 is 2.55 bits per heavy atom. The zero-order valence-corrected chi connectivity index (χ0v) is 13.5. The van der Waals surface area contributed by atoms with Crippen LogP contribution in [0.15, 0.2) is 18.2 Å². The van der Waals surface area contributed by atoms with Gasteiger partial charge in [-0.25, -0.2) is 4.79 Å². The molecule has 0 saturated carbocycles. The normalized spacial score (nSPS) is 11.5. The molecule has 0 aromatic heterocycles. The Morgan fingerprint density at radius 2 is 1.95 bits per heavy atom. The van der Waals surface area contributed by atoms with Crippen molar-refractivity contribution in [1.29, 1.82) is 0 Å². The Kier molecular flexibility index (Phi) is 7.22. The van der Waals surface area contributed by atoms with Gasteiger partial charge in [-0.15, -0.1) is 0 Å². The largest absolute Gasteiger partial charge is 0.493 e. The molecule has 1 aromatic rings. The number of nitrogens with one attached hydrogen (secondary N) is 1. The van der Waals surface area contributed by atoms with Gasteiger partial charge in [-0.1, -0.05) is 6.92 Å². The Hall–Kier alpha value is -2.24. The molecule has 0 bridgehead atoms. The van der Waals surface area contributed by atoms with Crippen molar-refractivity contribution in [3.8, 4) is 11.5 Å². The number of hydrogen-bond acceptors (Lipinski definition) is 5. The second-order valence-electron chi connectivity index (χ2n) is 4.64. The summed E-state index contributed by atoms with van der Waals surface area (Å²) in [6.07, 6.45) is -0.0283. The lowest BCUT2D eigenvalue weighted by Gasteiger charge is -2.14. The zero-order chi connectivity index (χ0) is 16.5. The smallest absolute Gasteiger partial charge is 0.339 e. The standard InChI is InChI=1S/C16H23NO5/c1-5-9-17-15(18)11(3)22-16(19)12-7-8-13(20-4)14(10-12)21-6-2/h7-8,10-11H,5-6,9H2,1-4H3,(H,17,18)/t11-/m0/s1. The Bertz CT molecular complexity index is 515. The van der Waals surface area contributed by atoms with E-state index in [1.165, 1.54) is 14.0 Å². The third-order valence-electron chi connectivity index (χ3n) is 2.90. The van der Waals surface area contributed by atoms with E-state index in [-0.39, 0.29) is 5.91 Å². The molecule has 1 aromatic carbocycles. The Labute approximate surface area is 130 Å². The quantitative estimate of drug-likeness (QED) is 0.745. The molecule has 0 spiro atoms. The molecule has 1 N–H and O–H groups in total. The molecule has 0 aliphatic rings. The lowest BCUT2D eigenvalue weighted by Crippen LogP contribution is -2.36. The van der Waals surface area contributed by atoms with Crippen molar-refractivity contribution >= 4 is 11.9 Å². The van der Waals surface area contributed by atoms with Gasteiger partial charge in [-0.2, -0.15) is 0 Å². The molecule has 0 unspecified atom stereocenters. The molecule has 0 fully saturated rings. The number of benzene rings is 1. The summed E-state index contributed by atoms with van der Waals surface area (Å²) in [5, 5.41) is 2.68. The number of carbonyl (C=O) groups is 2.